The van der Waals surface area contributed by atoms with Gasteiger partial charge in [-0.25, -0.2) is 0 Å². The van der Waals surface area contributed by atoms with Gasteiger partial charge in [0.15, 0.2) is 0 Å². The highest BCUT2D eigenvalue weighted by molar-refractivity contribution is 6.04. The lowest BCUT2D eigenvalue weighted by molar-refractivity contribution is -0.117. The fourth-order valence-electron chi connectivity index (χ4n) is 2.93. The Bertz CT molecular complexity index is 585. The number of nitrogens with one attached hydrogen (secondary N) is 2. The molecule has 0 atom stereocenters. The number of carbonyl (C=O) groups is 2. The zero-order valence-electron chi connectivity index (χ0n) is 15.2. The number of para-hydroxylation sites is 1. The molecule has 1 aliphatic heterocycles. The topological polar surface area (TPSA) is 61.4 Å². The third kappa shape index (κ3) is 5.64. The molecular formula is C19H29N3O2. The van der Waals surface area contributed by atoms with Gasteiger partial charge in [0.05, 0.1) is 11.3 Å². The third-order valence-corrected chi connectivity index (χ3v) is 4.25. The fourth-order valence-corrected chi connectivity index (χ4v) is 2.93. The number of benzene rings is 1. The molecule has 5 nitrogen and oxygen atoms in total. The van der Waals surface area contributed by atoms with Crippen LogP contribution < -0.4 is 10.6 Å². The maximum atomic E-state index is 12.4. The Morgan fingerprint density at radius 3 is 2.42 bits per heavy atom. The summed E-state index contributed by atoms with van der Waals surface area (Å²) in [4.78, 5) is 27.1. The van der Waals surface area contributed by atoms with E-state index < -0.39 is 0 Å². The van der Waals surface area contributed by atoms with E-state index >= 15 is 0 Å². The van der Waals surface area contributed by atoms with Crippen molar-refractivity contribution in [2.75, 3.05) is 25.5 Å². The molecule has 5 heteroatoms. The summed E-state index contributed by atoms with van der Waals surface area (Å²) in [5.74, 6) is 0.245. The SMILES string of the molecule is CN1CCC(CC(=O)Nc2ccccc2C(=O)NC(C)(C)C)CC1. The normalized spacial score (nSPS) is 16.7. The second-order valence-corrected chi connectivity index (χ2v) is 7.75. The molecular weight excluding hydrogens is 302 g/mol. The van der Waals surface area contributed by atoms with Crippen molar-refractivity contribution in [3.8, 4) is 0 Å². The maximum Gasteiger partial charge on any atom is 0.253 e. The first-order valence-corrected chi connectivity index (χ1v) is 8.64. The van der Waals surface area contributed by atoms with Crippen molar-refractivity contribution in [1.82, 2.24) is 10.2 Å². The minimum Gasteiger partial charge on any atom is -0.347 e. The van der Waals surface area contributed by atoms with Gasteiger partial charge >= 0.3 is 0 Å². The summed E-state index contributed by atoms with van der Waals surface area (Å²) in [6, 6.07) is 7.17. The van der Waals surface area contributed by atoms with Crippen LogP contribution in [0.5, 0.6) is 0 Å². The van der Waals surface area contributed by atoms with Gasteiger partial charge < -0.3 is 15.5 Å². The summed E-state index contributed by atoms with van der Waals surface area (Å²) in [7, 11) is 2.11. The molecule has 1 heterocycles. The minimum absolute atomic E-state index is 0.0134. The molecule has 0 bridgehead atoms. The number of likely N-dealkylation sites (tertiary alicyclic amines) is 1. The first kappa shape index (κ1) is 18.5. The highest BCUT2D eigenvalue weighted by Crippen LogP contribution is 2.22. The van der Waals surface area contributed by atoms with Gasteiger partial charge in [-0.15, -0.1) is 0 Å². The van der Waals surface area contributed by atoms with E-state index in [4.69, 9.17) is 0 Å². The highest BCUT2D eigenvalue weighted by atomic mass is 16.2. The van der Waals surface area contributed by atoms with Crippen LogP contribution in [0.3, 0.4) is 0 Å². The van der Waals surface area contributed by atoms with Crippen LogP contribution in [0, 0.1) is 5.92 Å². The van der Waals surface area contributed by atoms with E-state index in [-0.39, 0.29) is 17.4 Å². The van der Waals surface area contributed by atoms with Crippen molar-refractivity contribution >= 4 is 17.5 Å². The van der Waals surface area contributed by atoms with E-state index in [1.54, 1.807) is 12.1 Å². The molecule has 0 aliphatic carbocycles. The van der Waals surface area contributed by atoms with Crippen LogP contribution in [0.15, 0.2) is 24.3 Å². The molecule has 1 aliphatic rings. The molecule has 0 saturated carbocycles. The maximum absolute atomic E-state index is 12.4. The molecule has 2 N–H and O–H groups in total. The van der Waals surface area contributed by atoms with Gasteiger partial charge in [0.25, 0.3) is 5.91 Å². The van der Waals surface area contributed by atoms with Crippen LogP contribution in [0.4, 0.5) is 5.69 Å². The van der Waals surface area contributed by atoms with Crippen LogP contribution in [-0.4, -0.2) is 42.4 Å². The van der Waals surface area contributed by atoms with E-state index in [1.165, 1.54) is 0 Å². The molecule has 2 rings (SSSR count). The van der Waals surface area contributed by atoms with Crippen molar-refractivity contribution in [3.05, 3.63) is 29.8 Å². The molecule has 0 aromatic heterocycles. The zero-order chi connectivity index (χ0) is 17.7. The third-order valence-electron chi connectivity index (χ3n) is 4.25. The highest BCUT2D eigenvalue weighted by Gasteiger charge is 2.21. The second-order valence-electron chi connectivity index (χ2n) is 7.75. The van der Waals surface area contributed by atoms with Crippen molar-refractivity contribution in [2.45, 2.75) is 45.6 Å². The van der Waals surface area contributed by atoms with Crippen molar-refractivity contribution in [1.29, 1.82) is 0 Å². The van der Waals surface area contributed by atoms with Crippen molar-refractivity contribution < 1.29 is 9.59 Å². The summed E-state index contributed by atoms with van der Waals surface area (Å²) >= 11 is 0. The number of nitrogens with zero attached hydrogens (tertiary/aromatic N) is 1. The Morgan fingerprint density at radius 2 is 1.79 bits per heavy atom. The van der Waals surface area contributed by atoms with E-state index in [2.05, 4.69) is 22.6 Å². The summed E-state index contributed by atoms with van der Waals surface area (Å²) < 4.78 is 0. The molecule has 24 heavy (non-hydrogen) atoms. The average Bonchev–Trinajstić information content (AvgIpc) is 2.48. The summed E-state index contributed by atoms with van der Waals surface area (Å²) in [5, 5.41) is 5.86. The van der Waals surface area contributed by atoms with E-state index in [0.29, 0.717) is 23.6 Å². The van der Waals surface area contributed by atoms with Crippen LogP contribution in [-0.2, 0) is 4.79 Å². The lowest BCUT2D eigenvalue weighted by Gasteiger charge is -2.28. The standard InChI is InChI=1S/C19H29N3O2/c1-19(2,3)21-18(24)15-7-5-6-8-16(15)20-17(23)13-14-9-11-22(4)12-10-14/h5-8,14H,9-13H2,1-4H3,(H,20,23)(H,21,24). The summed E-state index contributed by atoms with van der Waals surface area (Å²) in [6.45, 7) is 7.90. The van der Waals surface area contributed by atoms with E-state index in [0.717, 1.165) is 25.9 Å². The van der Waals surface area contributed by atoms with Crippen LogP contribution in [0.25, 0.3) is 0 Å². The molecule has 0 radical (unpaired) electrons. The lowest BCUT2D eigenvalue weighted by Crippen LogP contribution is -2.41. The smallest absolute Gasteiger partial charge is 0.253 e. The van der Waals surface area contributed by atoms with Gasteiger partial charge in [0.1, 0.15) is 0 Å². The largest absolute Gasteiger partial charge is 0.347 e. The van der Waals surface area contributed by atoms with Crippen LogP contribution >= 0.6 is 0 Å². The van der Waals surface area contributed by atoms with E-state index in [1.807, 2.05) is 32.9 Å². The number of carbonyl (C=O) groups excluding carboxylic acids is 2. The molecule has 0 spiro atoms. The predicted octanol–water partition coefficient (Wildman–Crippen LogP) is 2.89. The van der Waals surface area contributed by atoms with Crippen LogP contribution in [0.1, 0.15) is 50.4 Å². The quantitative estimate of drug-likeness (QED) is 0.892. The summed E-state index contributed by atoms with van der Waals surface area (Å²) in [5.41, 5.74) is 0.767. The van der Waals surface area contributed by atoms with Crippen molar-refractivity contribution in [2.24, 2.45) is 5.92 Å². The van der Waals surface area contributed by atoms with Crippen molar-refractivity contribution in [3.63, 3.8) is 0 Å². The van der Waals surface area contributed by atoms with Gasteiger partial charge in [0.2, 0.25) is 5.91 Å². The predicted molar refractivity (Wildman–Crippen MR) is 97.1 cm³/mol. The summed E-state index contributed by atoms with van der Waals surface area (Å²) in [6.07, 6.45) is 2.62. The number of piperidine rings is 1. The Balaban J connectivity index is 1.99. The van der Waals surface area contributed by atoms with Gasteiger partial charge in [-0.3, -0.25) is 9.59 Å². The monoisotopic (exact) mass is 331 g/mol. The van der Waals surface area contributed by atoms with E-state index in [9.17, 15) is 9.59 Å². The number of hydrogen-bond acceptors (Lipinski definition) is 3. The number of anilines is 1. The number of amides is 2. The molecule has 1 saturated heterocycles. The van der Waals surface area contributed by atoms with Gasteiger partial charge in [-0.1, -0.05) is 12.1 Å². The zero-order valence-corrected chi connectivity index (χ0v) is 15.2. The van der Waals surface area contributed by atoms with Gasteiger partial charge in [-0.2, -0.15) is 0 Å². The lowest BCUT2D eigenvalue weighted by atomic mass is 9.93. The molecule has 2 amide bonds. The Hall–Kier alpha value is -1.88. The Kier molecular flexibility index (Phi) is 5.99. The molecule has 1 aromatic carbocycles. The molecule has 0 unspecified atom stereocenters. The molecule has 1 aromatic rings. The fraction of sp³-hybridized carbons (Fsp3) is 0.579. The van der Waals surface area contributed by atoms with Gasteiger partial charge in [0, 0.05) is 12.0 Å². The second kappa shape index (κ2) is 7.79. The number of hydrogen-bond donors (Lipinski definition) is 2. The Labute approximate surface area is 144 Å². The first-order valence-electron chi connectivity index (χ1n) is 8.64. The number of rotatable bonds is 4. The Morgan fingerprint density at radius 1 is 1.17 bits per heavy atom. The average molecular weight is 331 g/mol. The first-order chi connectivity index (χ1) is 11.2. The molecule has 1 fully saturated rings. The molecule has 132 valence electrons. The van der Waals surface area contributed by atoms with Gasteiger partial charge in [-0.05, 0) is 71.8 Å². The van der Waals surface area contributed by atoms with Crippen LogP contribution in [0.2, 0.25) is 0 Å². The minimum atomic E-state index is -0.317.